The third kappa shape index (κ3) is 2.43. The number of carbonyl (C=O) groups is 1. The molecule has 2 atom stereocenters. The van der Waals surface area contributed by atoms with Gasteiger partial charge in [-0.05, 0) is 32.2 Å². The molecule has 1 heterocycles. The normalized spacial score (nSPS) is 31.0. The molecule has 0 radical (unpaired) electrons. The van der Waals surface area contributed by atoms with Crippen molar-refractivity contribution in [3.05, 3.63) is 0 Å². The number of hydrogen-bond acceptors (Lipinski definition) is 3. The summed E-state index contributed by atoms with van der Waals surface area (Å²) in [6.07, 6.45) is 5.68. The Morgan fingerprint density at radius 2 is 2.20 bits per heavy atom. The molecule has 2 rings (SSSR count). The zero-order valence-electron chi connectivity index (χ0n) is 9.15. The molecule has 1 amide bonds. The summed E-state index contributed by atoms with van der Waals surface area (Å²) in [5.41, 5.74) is 5.44. The van der Waals surface area contributed by atoms with Crippen molar-refractivity contribution in [2.75, 3.05) is 19.6 Å². The van der Waals surface area contributed by atoms with E-state index in [1.54, 1.807) is 0 Å². The van der Waals surface area contributed by atoms with Gasteiger partial charge < -0.3 is 15.4 Å². The van der Waals surface area contributed by atoms with Gasteiger partial charge in [0.2, 0.25) is 0 Å². The summed E-state index contributed by atoms with van der Waals surface area (Å²) in [6, 6.07) is 0. The highest BCUT2D eigenvalue weighted by Crippen LogP contribution is 2.31. The highest BCUT2D eigenvalue weighted by Gasteiger charge is 2.36. The second-order valence-corrected chi connectivity index (χ2v) is 4.55. The van der Waals surface area contributed by atoms with Crippen LogP contribution >= 0.6 is 0 Å². The number of ether oxygens (including phenoxy) is 1. The lowest BCUT2D eigenvalue weighted by molar-refractivity contribution is -0.0299. The molecule has 86 valence electrons. The maximum atomic E-state index is 11.6. The Kier molecular flexibility index (Phi) is 3.46. The van der Waals surface area contributed by atoms with E-state index in [0.29, 0.717) is 12.5 Å². The van der Waals surface area contributed by atoms with Gasteiger partial charge in [-0.25, -0.2) is 4.79 Å². The van der Waals surface area contributed by atoms with Crippen molar-refractivity contribution in [1.29, 1.82) is 0 Å². The molecular formula is C11H20N2O2. The molecular weight excluding hydrogens is 192 g/mol. The smallest absolute Gasteiger partial charge is 0.410 e. The average molecular weight is 212 g/mol. The molecule has 4 nitrogen and oxygen atoms in total. The fourth-order valence-corrected chi connectivity index (χ4v) is 2.56. The number of nitrogens with zero attached hydrogens (tertiary/aromatic N) is 1. The largest absolute Gasteiger partial charge is 0.446 e. The van der Waals surface area contributed by atoms with Gasteiger partial charge in [-0.15, -0.1) is 0 Å². The van der Waals surface area contributed by atoms with Gasteiger partial charge in [0.15, 0.2) is 0 Å². The van der Waals surface area contributed by atoms with Gasteiger partial charge in [-0.1, -0.05) is 6.42 Å². The molecule has 4 heteroatoms. The Bertz CT molecular complexity index is 233. The van der Waals surface area contributed by atoms with Gasteiger partial charge in [0.05, 0.1) is 0 Å². The van der Waals surface area contributed by atoms with Crippen LogP contribution in [-0.2, 0) is 4.74 Å². The van der Waals surface area contributed by atoms with Gasteiger partial charge >= 0.3 is 6.09 Å². The molecule has 0 aromatic rings. The summed E-state index contributed by atoms with van der Waals surface area (Å²) in [5, 5.41) is 0. The van der Waals surface area contributed by atoms with Crippen molar-refractivity contribution in [3.63, 3.8) is 0 Å². The first kappa shape index (κ1) is 10.7. The van der Waals surface area contributed by atoms with Crippen LogP contribution in [0, 0.1) is 5.92 Å². The summed E-state index contributed by atoms with van der Waals surface area (Å²) in [5.74, 6) is 0.564. The number of hydrogen-bond donors (Lipinski definition) is 1. The molecule has 0 aromatic carbocycles. The molecule has 1 aliphatic heterocycles. The molecule has 0 spiro atoms. The summed E-state index contributed by atoms with van der Waals surface area (Å²) >= 11 is 0. The Morgan fingerprint density at radius 1 is 1.40 bits per heavy atom. The van der Waals surface area contributed by atoms with Gasteiger partial charge in [-0.3, -0.25) is 0 Å². The number of carbonyl (C=O) groups excluding carboxylic acids is 1. The standard InChI is InChI=1S/C11H20N2O2/c12-6-3-7-13-8-9-4-1-2-5-10(9)15-11(13)14/h9-10H,1-8,12H2. The van der Waals surface area contributed by atoms with E-state index in [4.69, 9.17) is 10.5 Å². The fourth-order valence-electron chi connectivity index (χ4n) is 2.56. The van der Waals surface area contributed by atoms with Crippen LogP contribution < -0.4 is 5.73 Å². The van der Waals surface area contributed by atoms with E-state index in [1.807, 2.05) is 4.90 Å². The van der Waals surface area contributed by atoms with E-state index < -0.39 is 0 Å². The second-order valence-electron chi connectivity index (χ2n) is 4.55. The highest BCUT2D eigenvalue weighted by molar-refractivity contribution is 5.68. The van der Waals surface area contributed by atoms with Crippen LogP contribution in [0.4, 0.5) is 4.79 Å². The van der Waals surface area contributed by atoms with Gasteiger partial charge in [0.1, 0.15) is 6.10 Å². The third-order valence-corrected chi connectivity index (χ3v) is 3.44. The predicted octanol–water partition coefficient (Wildman–Crippen LogP) is 1.35. The van der Waals surface area contributed by atoms with E-state index in [2.05, 4.69) is 0 Å². The summed E-state index contributed by atoms with van der Waals surface area (Å²) in [4.78, 5) is 13.4. The molecule has 2 aliphatic rings. The Labute approximate surface area is 90.8 Å². The van der Waals surface area contributed by atoms with Crippen molar-refractivity contribution in [2.24, 2.45) is 11.7 Å². The third-order valence-electron chi connectivity index (χ3n) is 3.44. The van der Waals surface area contributed by atoms with E-state index in [9.17, 15) is 4.79 Å². The van der Waals surface area contributed by atoms with Crippen LogP contribution in [-0.4, -0.2) is 36.7 Å². The molecule has 1 aliphatic carbocycles. The van der Waals surface area contributed by atoms with E-state index >= 15 is 0 Å². The lowest BCUT2D eigenvalue weighted by Gasteiger charge is -2.40. The minimum atomic E-state index is -0.133. The number of fused-ring (bicyclic) bond motifs is 1. The van der Waals surface area contributed by atoms with Crippen LogP contribution in [0.15, 0.2) is 0 Å². The van der Waals surface area contributed by atoms with Crippen molar-refractivity contribution >= 4 is 6.09 Å². The molecule has 15 heavy (non-hydrogen) atoms. The molecule has 2 unspecified atom stereocenters. The van der Waals surface area contributed by atoms with E-state index in [-0.39, 0.29) is 12.2 Å². The molecule has 0 aromatic heterocycles. The molecule has 1 saturated heterocycles. The SMILES string of the molecule is NCCCN1CC2CCCCC2OC1=O. The Hall–Kier alpha value is -0.770. The molecule has 1 saturated carbocycles. The lowest BCUT2D eigenvalue weighted by Crippen LogP contribution is -2.49. The Balaban J connectivity index is 1.89. The Morgan fingerprint density at radius 3 is 3.00 bits per heavy atom. The first-order valence-electron chi connectivity index (χ1n) is 5.97. The second kappa shape index (κ2) is 4.84. The van der Waals surface area contributed by atoms with Crippen LogP contribution in [0.5, 0.6) is 0 Å². The van der Waals surface area contributed by atoms with Gasteiger partial charge in [0, 0.05) is 19.0 Å². The minimum Gasteiger partial charge on any atom is -0.446 e. The summed E-state index contributed by atoms with van der Waals surface area (Å²) in [7, 11) is 0. The molecule has 0 bridgehead atoms. The van der Waals surface area contributed by atoms with Crippen LogP contribution in [0.2, 0.25) is 0 Å². The van der Waals surface area contributed by atoms with E-state index in [0.717, 1.165) is 25.9 Å². The zero-order chi connectivity index (χ0) is 10.7. The average Bonchev–Trinajstić information content (AvgIpc) is 2.26. The quantitative estimate of drug-likeness (QED) is 0.768. The maximum absolute atomic E-state index is 11.6. The number of rotatable bonds is 3. The predicted molar refractivity (Wildman–Crippen MR) is 57.5 cm³/mol. The summed E-state index contributed by atoms with van der Waals surface area (Å²) < 4.78 is 5.45. The van der Waals surface area contributed by atoms with Crippen molar-refractivity contribution in [3.8, 4) is 0 Å². The molecule has 2 fully saturated rings. The van der Waals surface area contributed by atoms with Crippen molar-refractivity contribution in [2.45, 2.75) is 38.2 Å². The zero-order valence-corrected chi connectivity index (χ0v) is 9.15. The molecule has 2 N–H and O–H groups in total. The number of amides is 1. The van der Waals surface area contributed by atoms with Crippen LogP contribution in [0.3, 0.4) is 0 Å². The van der Waals surface area contributed by atoms with Crippen LogP contribution in [0.25, 0.3) is 0 Å². The maximum Gasteiger partial charge on any atom is 0.410 e. The first-order valence-corrected chi connectivity index (χ1v) is 5.97. The van der Waals surface area contributed by atoms with Crippen molar-refractivity contribution < 1.29 is 9.53 Å². The van der Waals surface area contributed by atoms with Gasteiger partial charge in [-0.2, -0.15) is 0 Å². The highest BCUT2D eigenvalue weighted by atomic mass is 16.6. The van der Waals surface area contributed by atoms with E-state index in [1.165, 1.54) is 19.3 Å². The topological polar surface area (TPSA) is 55.6 Å². The van der Waals surface area contributed by atoms with Gasteiger partial charge in [0.25, 0.3) is 0 Å². The fraction of sp³-hybridized carbons (Fsp3) is 0.909. The van der Waals surface area contributed by atoms with Crippen molar-refractivity contribution in [1.82, 2.24) is 4.90 Å². The minimum absolute atomic E-state index is 0.133. The summed E-state index contributed by atoms with van der Waals surface area (Å²) in [6.45, 7) is 2.26. The number of nitrogens with two attached hydrogens (primary N) is 1. The lowest BCUT2D eigenvalue weighted by atomic mass is 9.85. The monoisotopic (exact) mass is 212 g/mol. The first-order chi connectivity index (χ1) is 7.31. The van der Waals surface area contributed by atoms with Crippen LogP contribution in [0.1, 0.15) is 32.1 Å².